The van der Waals surface area contributed by atoms with Crippen LogP contribution in [-0.4, -0.2) is 12.6 Å². The molecule has 0 radical (unpaired) electrons. The summed E-state index contributed by atoms with van der Waals surface area (Å²) >= 11 is 0. The van der Waals surface area contributed by atoms with Crippen LogP contribution >= 0.6 is 0 Å². The number of hydrogen-bond acceptors (Lipinski definition) is 2. The van der Waals surface area contributed by atoms with Gasteiger partial charge in [-0.25, -0.2) is 0 Å². The molecule has 2 nitrogen and oxygen atoms in total. The Bertz CT molecular complexity index is 108. The van der Waals surface area contributed by atoms with Crippen molar-refractivity contribution in [3.8, 4) is 0 Å². The summed E-state index contributed by atoms with van der Waals surface area (Å²) < 4.78 is 0. The Balaban J connectivity index is 2.00. The molecule has 0 aliphatic heterocycles. The van der Waals surface area contributed by atoms with Gasteiger partial charge in [0.1, 0.15) is 0 Å². The zero-order valence-electron chi connectivity index (χ0n) is 7.01. The maximum atomic E-state index is 5.15. The Morgan fingerprint density at radius 1 is 1.36 bits per heavy atom. The number of hydroxylamine groups is 1. The van der Waals surface area contributed by atoms with Crippen LogP contribution in [0.15, 0.2) is 12.7 Å². The molecule has 0 amide bonds. The van der Waals surface area contributed by atoms with Crippen LogP contribution in [0, 0.1) is 0 Å². The number of rotatable bonds is 4. The zero-order valence-corrected chi connectivity index (χ0v) is 7.01. The Morgan fingerprint density at radius 3 is 2.73 bits per heavy atom. The van der Waals surface area contributed by atoms with Gasteiger partial charge in [0.05, 0.1) is 6.61 Å². The highest BCUT2D eigenvalue weighted by Gasteiger charge is 2.11. The Kier molecular flexibility index (Phi) is 4.24. The van der Waals surface area contributed by atoms with E-state index in [0.29, 0.717) is 12.6 Å². The lowest BCUT2D eigenvalue weighted by atomic mass is 9.96. The summed E-state index contributed by atoms with van der Waals surface area (Å²) in [5.41, 5.74) is 3.05. The van der Waals surface area contributed by atoms with E-state index in [9.17, 15) is 0 Å². The average Bonchev–Trinajstić information content (AvgIpc) is 2.07. The van der Waals surface area contributed by atoms with Gasteiger partial charge in [-0.15, -0.1) is 6.58 Å². The molecule has 0 atom stereocenters. The topological polar surface area (TPSA) is 21.3 Å². The van der Waals surface area contributed by atoms with Gasteiger partial charge < -0.3 is 0 Å². The molecule has 1 N–H and O–H groups in total. The first-order chi connectivity index (χ1) is 5.43. The molecular weight excluding hydrogens is 138 g/mol. The smallest absolute Gasteiger partial charge is 0.0861 e. The maximum Gasteiger partial charge on any atom is 0.0861 e. The van der Waals surface area contributed by atoms with Gasteiger partial charge in [0, 0.05) is 6.04 Å². The van der Waals surface area contributed by atoms with Crippen molar-refractivity contribution in [2.24, 2.45) is 0 Å². The molecule has 0 aromatic carbocycles. The van der Waals surface area contributed by atoms with Crippen LogP contribution in [-0.2, 0) is 4.84 Å². The average molecular weight is 155 g/mol. The van der Waals surface area contributed by atoms with Gasteiger partial charge in [0.2, 0.25) is 0 Å². The summed E-state index contributed by atoms with van der Waals surface area (Å²) in [6.07, 6.45) is 8.36. The molecule has 1 fully saturated rings. The van der Waals surface area contributed by atoms with Crippen molar-refractivity contribution in [2.75, 3.05) is 6.61 Å². The predicted octanol–water partition coefficient (Wildman–Crippen LogP) is 2.03. The molecule has 1 rings (SSSR count). The minimum atomic E-state index is 0.587. The maximum absolute atomic E-state index is 5.15. The highest BCUT2D eigenvalue weighted by molar-refractivity contribution is 4.69. The summed E-state index contributed by atoms with van der Waals surface area (Å²) in [6, 6.07) is 0.587. The Labute approximate surface area is 68.6 Å². The molecule has 0 saturated heterocycles. The third-order valence-electron chi connectivity index (χ3n) is 2.06. The minimum absolute atomic E-state index is 0.587. The zero-order chi connectivity index (χ0) is 7.94. The molecule has 2 heteroatoms. The molecule has 1 saturated carbocycles. The van der Waals surface area contributed by atoms with Crippen LogP contribution in [0.2, 0.25) is 0 Å². The fourth-order valence-electron chi connectivity index (χ4n) is 1.45. The highest BCUT2D eigenvalue weighted by atomic mass is 16.6. The van der Waals surface area contributed by atoms with Crippen molar-refractivity contribution in [1.29, 1.82) is 0 Å². The summed E-state index contributed by atoms with van der Waals surface area (Å²) in [4.78, 5) is 5.15. The molecule has 0 bridgehead atoms. The summed E-state index contributed by atoms with van der Waals surface area (Å²) in [5, 5.41) is 0. The van der Waals surface area contributed by atoms with Crippen LogP contribution in [0.1, 0.15) is 32.1 Å². The lowest BCUT2D eigenvalue weighted by Gasteiger charge is -2.21. The van der Waals surface area contributed by atoms with E-state index >= 15 is 0 Å². The number of hydrogen-bond donors (Lipinski definition) is 1. The standard InChI is InChI=1S/C9H17NO/c1-2-8-11-10-9-6-4-3-5-7-9/h2,9-10H,1,3-8H2. The van der Waals surface area contributed by atoms with E-state index in [1.807, 2.05) is 0 Å². The van der Waals surface area contributed by atoms with Crippen molar-refractivity contribution in [3.05, 3.63) is 12.7 Å². The van der Waals surface area contributed by atoms with E-state index in [1.54, 1.807) is 6.08 Å². The molecule has 0 heterocycles. The summed E-state index contributed by atoms with van der Waals surface area (Å²) in [6.45, 7) is 4.19. The van der Waals surface area contributed by atoms with Crippen LogP contribution in [0.4, 0.5) is 0 Å². The SMILES string of the molecule is C=CCONC1CCCCC1. The van der Waals surface area contributed by atoms with Crippen LogP contribution in [0.25, 0.3) is 0 Å². The molecule has 0 spiro atoms. The van der Waals surface area contributed by atoms with E-state index in [1.165, 1.54) is 32.1 Å². The third-order valence-corrected chi connectivity index (χ3v) is 2.06. The van der Waals surface area contributed by atoms with Crippen LogP contribution in [0.5, 0.6) is 0 Å². The van der Waals surface area contributed by atoms with E-state index in [0.717, 1.165) is 0 Å². The fraction of sp³-hybridized carbons (Fsp3) is 0.778. The van der Waals surface area contributed by atoms with Gasteiger partial charge >= 0.3 is 0 Å². The van der Waals surface area contributed by atoms with Gasteiger partial charge in [-0.05, 0) is 12.8 Å². The van der Waals surface area contributed by atoms with E-state index in [2.05, 4.69) is 12.1 Å². The summed E-state index contributed by atoms with van der Waals surface area (Å²) in [5.74, 6) is 0. The molecule has 0 aromatic heterocycles. The van der Waals surface area contributed by atoms with Crippen molar-refractivity contribution < 1.29 is 4.84 Å². The Morgan fingerprint density at radius 2 is 2.09 bits per heavy atom. The van der Waals surface area contributed by atoms with E-state index in [4.69, 9.17) is 4.84 Å². The first-order valence-electron chi connectivity index (χ1n) is 4.41. The van der Waals surface area contributed by atoms with Gasteiger partial charge in [-0.3, -0.25) is 4.84 Å². The molecule has 64 valence electrons. The lowest BCUT2D eigenvalue weighted by molar-refractivity contribution is 0.0249. The molecule has 1 aliphatic rings. The molecule has 0 aromatic rings. The van der Waals surface area contributed by atoms with Crippen molar-refractivity contribution in [1.82, 2.24) is 5.48 Å². The van der Waals surface area contributed by atoms with Gasteiger partial charge in [-0.2, -0.15) is 5.48 Å². The van der Waals surface area contributed by atoms with Crippen LogP contribution < -0.4 is 5.48 Å². The third kappa shape index (κ3) is 3.54. The first kappa shape index (κ1) is 8.75. The highest BCUT2D eigenvalue weighted by Crippen LogP contribution is 2.16. The van der Waals surface area contributed by atoms with E-state index in [-0.39, 0.29) is 0 Å². The number of nitrogens with one attached hydrogen (secondary N) is 1. The fourth-order valence-corrected chi connectivity index (χ4v) is 1.45. The van der Waals surface area contributed by atoms with Crippen molar-refractivity contribution >= 4 is 0 Å². The quantitative estimate of drug-likeness (QED) is 0.381. The minimum Gasteiger partial charge on any atom is -0.297 e. The van der Waals surface area contributed by atoms with Crippen molar-refractivity contribution in [3.63, 3.8) is 0 Å². The van der Waals surface area contributed by atoms with Gasteiger partial charge in [0.25, 0.3) is 0 Å². The van der Waals surface area contributed by atoms with E-state index < -0.39 is 0 Å². The molecule has 1 aliphatic carbocycles. The largest absolute Gasteiger partial charge is 0.297 e. The second-order valence-corrected chi connectivity index (χ2v) is 3.05. The molecular formula is C9H17NO. The Hall–Kier alpha value is -0.340. The van der Waals surface area contributed by atoms with Gasteiger partial charge in [0.15, 0.2) is 0 Å². The normalized spacial score (nSPS) is 20.0. The lowest BCUT2D eigenvalue weighted by Crippen LogP contribution is -2.31. The second kappa shape index (κ2) is 5.33. The summed E-state index contributed by atoms with van der Waals surface area (Å²) in [7, 11) is 0. The van der Waals surface area contributed by atoms with Crippen LogP contribution in [0.3, 0.4) is 0 Å². The van der Waals surface area contributed by atoms with Gasteiger partial charge in [-0.1, -0.05) is 25.3 Å². The first-order valence-corrected chi connectivity index (χ1v) is 4.41. The second-order valence-electron chi connectivity index (χ2n) is 3.05. The molecule has 11 heavy (non-hydrogen) atoms. The molecule has 0 unspecified atom stereocenters. The predicted molar refractivity (Wildman–Crippen MR) is 46.2 cm³/mol. The monoisotopic (exact) mass is 155 g/mol. The van der Waals surface area contributed by atoms with Crippen molar-refractivity contribution in [2.45, 2.75) is 38.1 Å².